The number of ketones is 1. The van der Waals surface area contributed by atoms with Gasteiger partial charge < -0.3 is 19.6 Å². The number of Topliss-reactive ketones (excluding diaryl/α,β-unsaturated/α-hetero) is 1. The number of likely N-dealkylation sites (N-methyl/N-ethyl adjacent to an activating group) is 1. The van der Waals surface area contributed by atoms with Gasteiger partial charge in [-0.3, -0.25) is 9.59 Å². The molecule has 31 heavy (non-hydrogen) atoms. The Labute approximate surface area is 183 Å². The third-order valence-electron chi connectivity index (χ3n) is 5.15. The summed E-state index contributed by atoms with van der Waals surface area (Å²) in [5.41, 5.74) is 1.38. The molecule has 0 bridgehead atoms. The highest BCUT2D eigenvalue weighted by Crippen LogP contribution is 2.39. The molecule has 0 unspecified atom stereocenters. The van der Waals surface area contributed by atoms with Crippen LogP contribution in [-0.4, -0.2) is 60.4 Å². The first kappa shape index (κ1) is 22.6. The molecule has 0 aliphatic carbocycles. The Bertz CT molecular complexity index is 949. The highest BCUT2D eigenvalue weighted by Gasteiger charge is 2.45. The van der Waals surface area contributed by atoms with E-state index in [2.05, 4.69) is 13.8 Å². The summed E-state index contributed by atoms with van der Waals surface area (Å²) in [7, 11) is 3.83. The predicted octanol–water partition coefficient (Wildman–Crippen LogP) is 3.70. The average molecular weight is 423 g/mol. The van der Waals surface area contributed by atoms with Crippen molar-refractivity contribution < 1.29 is 19.4 Å². The first-order chi connectivity index (χ1) is 14.8. The Hall–Kier alpha value is -3.12. The van der Waals surface area contributed by atoms with Crippen molar-refractivity contribution in [3.8, 4) is 5.75 Å². The number of carbonyl (C=O) groups excluding carboxylic acids is 2. The molecule has 2 aromatic carbocycles. The molecule has 6 heteroatoms. The molecule has 1 heterocycles. The van der Waals surface area contributed by atoms with E-state index in [0.717, 1.165) is 5.56 Å². The van der Waals surface area contributed by atoms with Crippen LogP contribution >= 0.6 is 0 Å². The quantitative estimate of drug-likeness (QED) is 0.399. The summed E-state index contributed by atoms with van der Waals surface area (Å²) in [5, 5.41) is 11.1. The number of rotatable bonds is 8. The van der Waals surface area contributed by atoms with Crippen molar-refractivity contribution in [2.24, 2.45) is 5.92 Å². The average Bonchev–Trinajstić information content (AvgIpc) is 3.01. The zero-order chi connectivity index (χ0) is 22.5. The van der Waals surface area contributed by atoms with Crippen LogP contribution in [0.2, 0.25) is 0 Å². The van der Waals surface area contributed by atoms with E-state index in [1.165, 1.54) is 0 Å². The number of aliphatic hydroxyl groups excluding tert-OH is 1. The molecule has 1 amide bonds. The van der Waals surface area contributed by atoms with E-state index in [1.54, 1.807) is 29.2 Å². The number of carbonyl (C=O) groups is 2. The molecular formula is C25H30N2O4. The molecule has 0 aromatic heterocycles. The minimum atomic E-state index is -0.662. The first-order valence-corrected chi connectivity index (χ1v) is 10.5. The number of likely N-dealkylation sites (tertiary alicyclic amines) is 1. The monoisotopic (exact) mass is 422 g/mol. The van der Waals surface area contributed by atoms with E-state index in [4.69, 9.17) is 4.74 Å². The van der Waals surface area contributed by atoms with Gasteiger partial charge in [0.1, 0.15) is 11.5 Å². The second-order valence-corrected chi connectivity index (χ2v) is 8.44. The molecule has 1 aliphatic rings. The molecule has 1 atom stereocenters. The Morgan fingerprint density at radius 3 is 2.29 bits per heavy atom. The van der Waals surface area contributed by atoms with Crippen molar-refractivity contribution in [2.75, 3.05) is 33.8 Å². The predicted molar refractivity (Wildman–Crippen MR) is 121 cm³/mol. The molecular weight excluding hydrogens is 392 g/mol. The molecule has 2 aromatic rings. The molecule has 0 spiro atoms. The Kier molecular flexibility index (Phi) is 7.13. The van der Waals surface area contributed by atoms with Gasteiger partial charge in [0.15, 0.2) is 0 Å². The summed E-state index contributed by atoms with van der Waals surface area (Å²) in [6.07, 6.45) is 0. The van der Waals surface area contributed by atoms with Crippen molar-refractivity contribution in [1.29, 1.82) is 0 Å². The standard InChI is InChI=1S/C25H30N2O4/c1-17(2)16-31-20-12-10-19(11-13-20)23(28)21-22(18-8-6-5-7-9-18)27(15-14-26(3)4)25(30)24(21)29/h5-13,17,22,28H,14-16H2,1-4H3/b23-21+/t22-/m1/s1. The second-order valence-electron chi connectivity index (χ2n) is 8.44. The van der Waals surface area contributed by atoms with Crippen LogP contribution in [0.5, 0.6) is 5.75 Å². The third-order valence-corrected chi connectivity index (χ3v) is 5.15. The zero-order valence-corrected chi connectivity index (χ0v) is 18.5. The minimum Gasteiger partial charge on any atom is -0.507 e. The van der Waals surface area contributed by atoms with E-state index in [1.807, 2.05) is 49.3 Å². The van der Waals surface area contributed by atoms with E-state index in [0.29, 0.717) is 36.9 Å². The fourth-order valence-corrected chi connectivity index (χ4v) is 3.53. The lowest BCUT2D eigenvalue weighted by molar-refractivity contribution is -0.140. The number of amides is 1. The highest BCUT2D eigenvalue weighted by molar-refractivity contribution is 6.46. The van der Waals surface area contributed by atoms with Crippen molar-refractivity contribution in [3.63, 3.8) is 0 Å². The van der Waals surface area contributed by atoms with Gasteiger partial charge in [0.2, 0.25) is 0 Å². The molecule has 3 rings (SSSR count). The number of aliphatic hydroxyl groups is 1. The van der Waals surface area contributed by atoms with Gasteiger partial charge in [-0.05, 0) is 49.8 Å². The summed E-state index contributed by atoms with van der Waals surface area (Å²) < 4.78 is 5.70. The number of nitrogens with zero attached hydrogens (tertiary/aromatic N) is 2. The number of hydrogen-bond donors (Lipinski definition) is 1. The molecule has 1 fully saturated rings. The van der Waals surface area contributed by atoms with Crippen molar-refractivity contribution in [3.05, 3.63) is 71.3 Å². The lowest BCUT2D eigenvalue weighted by Crippen LogP contribution is -2.35. The smallest absolute Gasteiger partial charge is 0.295 e. The van der Waals surface area contributed by atoms with Crippen molar-refractivity contribution in [2.45, 2.75) is 19.9 Å². The molecule has 1 N–H and O–H groups in total. The Morgan fingerprint density at radius 2 is 1.71 bits per heavy atom. The summed E-state index contributed by atoms with van der Waals surface area (Å²) in [4.78, 5) is 29.3. The fourth-order valence-electron chi connectivity index (χ4n) is 3.53. The lowest BCUT2D eigenvalue weighted by Gasteiger charge is -2.26. The van der Waals surface area contributed by atoms with Crippen LogP contribution in [0.15, 0.2) is 60.2 Å². The molecule has 6 nitrogen and oxygen atoms in total. The van der Waals surface area contributed by atoms with Gasteiger partial charge in [-0.25, -0.2) is 0 Å². The number of ether oxygens (including phenoxy) is 1. The molecule has 0 saturated carbocycles. The maximum absolute atomic E-state index is 13.0. The normalized spacial score (nSPS) is 18.3. The van der Waals surface area contributed by atoms with E-state index in [9.17, 15) is 14.7 Å². The van der Waals surface area contributed by atoms with Crippen LogP contribution in [0, 0.1) is 5.92 Å². The second kappa shape index (κ2) is 9.79. The minimum absolute atomic E-state index is 0.116. The largest absolute Gasteiger partial charge is 0.507 e. The zero-order valence-electron chi connectivity index (χ0n) is 18.5. The van der Waals surface area contributed by atoms with Crippen molar-refractivity contribution >= 4 is 17.4 Å². The molecule has 0 radical (unpaired) electrons. The summed E-state index contributed by atoms with van der Waals surface area (Å²) in [6.45, 7) is 5.72. The van der Waals surface area contributed by atoms with Crippen LogP contribution in [-0.2, 0) is 9.59 Å². The maximum Gasteiger partial charge on any atom is 0.295 e. The maximum atomic E-state index is 13.0. The first-order valence-electron chi connectivity index (χ1n) is 10.5. The number of benzene rings is 2. The summed E-state index contributed by atoms with van der Waals surface area (Å²) in [6, 6.07) is 15.7. The van der Waals surface area contributed by atoms with Crippen molar-refractivity contribution in [1.82, 2.24) is 9.80 Å². The summed E-state index contributed by atoms with van der Waals surface area (Å²) >= 11 is 0. The highest BCUT2D eigenvalue weighted by atomic mass is 16.5. The summed E-state index contributed by atoms with van der Waals surface area (Å²) in [5.74, 6) is -0.331. The van der Waals surface area contributed by atoms with E-state index in [-0.39, 0.29) is 11.3 Å². The SMILES string of the molecule is CC(C)COc1ccc(/C(O)=C2\C(=O)C(=O)N(CCN(C)C)[C@@H]2c2ccccc2)cc1. The topological polar surface area (TPSA) is 70.1 Å². The van der Waals surface area contributed by atoms with E-state index >= 15 is 0 Å². The van der Waals surface area contributed by atoms with Gasteiger partial charge in [0, 0.05) is 18.7 Å². The Balaban J connectivity index is 2.00. The third kappa shape index (κ3) is 5.14. The number of hydrogen-bond acceptors (Lipinski definition) is 5. The lowest BCUT2D eigenvalue weighted by atomic mass is 9.95. The molecule has 1 saturated heterocycles. The van der Waals surface area contributed by atoms with Crippen LogP contribution in [0.3, 0.4) is 0 Å². The van der Waals surface area contributed by atoms with Crippen LogP contribution in [0.1, 0.15) is 31.0 Å². The van der Waals surface area contributed by atoms with Gasteiger partial charge in [0.25, 0.3) is 11.7 Å². The van der Waals surface area contributed by atoms with Gasteiger partial charge in [-0.15, -0.1) is 0 Å². The van der Waals surface area contributed by atoms with Gasteiger partial charge in [-0.1, -0.05) is 44.2 Å². The van der Waals surface area contributed by atoms with Gasteiger partial charge in [0.05, 0.1) is 18.2 Å². The molecule has 1 aliphatic heterocycles. The fraction of sp³-hybridized carbons (Fsp3) is 0.360. The van der Waals surface area contributed by atoms with Crippen LogP contribution < -0.4 is 4.74 Å². The van der Waals surface area contributed by atoms with Crippen LogP contribution in [0.25, 0.3) is 5.76 Å². The van der Waals surface area contributed by atoms with E-state index < -0.39 is 17.7 Å². The molecule has 164 valence electrons. The van der Waals surface area contributed by atoms with Crippen LogP contribution in [0.4, 0.5) is 0 Å². The van der Waals surface area contributed by atoms with Gasteiger partial charge >= 0.3 is 0 Å². The van der Waals surface area contributed by atoms with Gasteiger partial charge in [-0.2, -0.15) is 0 Å². The Morgan fingerprint density at radius 1 is 1.06 bits per heavy atom.